The number of aryl methyl sites for hydroxylation is 1. The van der Waals surface area contributed by atoms with E-state index in [4.69, 9.17) is 9.73 Å². The van der Waals surface area contributed by atoms with Gasteiger partial charge in [-0.3, -0.25) is 9.69 Å². The van der Waals surface area contributed by atoms with Gasteiger partial charge in [0.25, 0.3) is 5.91 Å². The minimum absolute atomic E-state index is 0.147. The summed E-state index contributed by atoms with van der Waals surface area (Å²) in [6, 6.07) is 23.5. The largest absolute Gasteiger partial charge is 0.497 e. The number of hydrogen-bond acceptors (Lipinski definition) is 4. The van der Waals surface area contributed by atoms with Crippen molar-refractivity contribution in [3.8, 4) is 5.75 Å². The number of rotatable bonds is 5. The summed E-state index contributed by atoms with van der Waals surface area (Å²) in [5.74, 6) is 1.21. The highest BCUT2D eigenvalue weighted by atomic mass is 16.5. The van der Waals surface area contributed by atoms with Crippen LogP contribution in [0, 0.1) is 6.92 Å². The highest BCUT2D eigenvalue weighted by molar-refractivity contribution is 6.33. The molecule has 0 atom stereocenters. The number of aliphatic imine (C=N–C) groups is 1. The molecule has 3 aromatic carbocycles. The fraction of sp³-hybridized carbons (Fsp3) is 0.154. The van der Waals surface area contributed by atoms with Gasteiger partial charge in [-0.1, -0.05) is 29.8 Å². The number of anilines is 2. The summed E-state index contributed by atoms with van der Waals surface area (Å²) < 4.78 is 5.27. The predicted molar refractivity (Wildman–Crippen MR) is 127 cm³/mol. The average molecular weight is 412 g/mol. The quantitative estimate of drug-likeness (QED) is 0.561. The van der Waals surface area contributed by atoms with Gasteiger partial charge in [0.1, 0.15) is 17.3 Å². The first-order chi connectivity index (χ1) is 15.0. The van der Waals surface area contributed by atoms with Crippen LogP contribution in [-0.2, 0) is 4.79 Å². The van der Waals surface area contributed by atoms with Crippen molar-refractivity contribution in [2.24, 2.45) is 4.99 Å². The Morgan fingerprint density at radius 2 is 1.55 bits per heavy atom. The van der Waals surface area contributed by atoms with Crippen molar-refractivity contribution in [3.63, 3.8) is 0 Å². The van der Waals surface area contributed by atoms with E-state index in [0.717, 1.165) is 33.8 Å². The van der Waals surface area contributed by atoms with E-state index in [1.807, 2.05) is 105 Å². The van der Waals surface area contributed by atoms with Crippen LogP contribution in [0.3, 0.4) is 0 Å². The highest BCUT2D eigenvalue weighted by Crippen LogP contribution is 2.29. The normalized spacial score (nSPS) is 14.7. The molecule has 156 valence electrons. The van der Waals surface area contributed by atoms with Crippen molar-refractivity contribution in [2.45, 2.75) is 6.92 Å². The second-order valence-electron chi connectivity index (χ2n) is 7.66. The third-order valence-electron chi connectivity index (χ3n) is 5.21. The van der Waals surface area contributed by atoms with Crippen molar-refractivity contribution in [1.29, 1.82) is 0 Å². The summed E-state index contributed by atoms with van der Waals surface area (Å²) in [6.07, 6.45) is 1.83. The Balaban J connectivity index is 1.76. The number of amides is 1. The van der Waals surface area contributed by atoms with Crippen LogP contribution in [0.15, 0.2) is 83.5 Å². The lowest BCUT2D eigenvalue weighted by Crippen LogP contribution is -2.32. The molecular weight excluding hydrogens is 386 g/mol. The summed E-state index contributed by atoms with van der Waals surface area (Å²) in [6.45, 7) is 2.02. The fourth-order valence-corrected chi connectivity index (χ4v) is 3.41. The first kappa shape index (κ1) is 20.4. The molecule has 5 nitrogen and oxygen atoms in total. The van der Waals surface area contributed by atoms with Crippen molar-refractivity contribution < 1.29 is 9.53 Å². The molecule has 0 saturated carbocycles. The summed E-state index contributed by atoms with van der Waals surface area (Å²) in [4.78, 5) is 21.8. The molecule has 4 rings (SSSR count). The van der Waals surface area contributed by atoms with E-state index in [1.165, 1.54) is 0 Å². The predicted octanol–water partition coefficient (Wildman–Crippen LogP) is 4.90. The van der Waals surface area contributed by atoms with Gasteiger partial charge in [-0.2, -0.15) is 0 Å². The molecule has 1 amide bonds. The zero-order valence-electron chi connectivity index (χ0n) is 18.2. The van der Waals surface area contributed by atoms with E-state index in [0.29, 0.717) is 11.5 Å². The van der Waals surface area contributed by atoms with Gasteiger partial charge in [-0.05, 0) is 67.1 Å². The minimum atomic E-state index is -0.147. The maximum Gasteiger partial charge on any atom is 0.282 e. The van der Waals surface area contributed by atoms with Crippen molar-refractivity contribution >= 4 is 29.2 Å². The second-order valence-corrected chi connectivity index (χ2v) is 7.66. The number of methoxy groups -OCH3 is 1. The minimum Gasteiger partial charge on any atom is -0.497 e. The SMILES string of the molecule is COc1ccc(C2=N/C(=C/c3ccc(N(C)C)cc3)C(=O)N2c2ccc(C)cc2)cc1. The number of benzene rings is 3. The molecule has 0 aliphatic carbocycles. The molecule has 1 aliphatic rings. The Morgan fingerprint density at radius 1 is 0.903 bits per heavy atom. The Kier molecular flexibility index (Phi) is 5.58. The van der Waals surface area contributed by atoms with Crippen LogP contribution in [0.4, 0.5) is 11.4 Å². The third-order valence-corrected chi connectivity index (χ3v) is 5.21. The van der Waals surface area contributed by atoms with Gasteiger partial charge in [0.15, 0.2) is 0 Å². The Labute approximate surface area is 182 Å². The molecule has 0 N–H and O–H groups in total. The number of carbonyl (C=O) groups is 1. The van der Waals surface area contributed by atoms with Crippen LogP contribution in [0.5, 0.6) is 5.75 Å². The zero-order valence-corrected chi connectivity index (χ0v) is 18.2. The molecule has 0 spiro atoms. The molecule has 3 aromatic rings. The summed E-state index contributed by atoms with van der Waals surface area (Å²) >= 11 is 0. The standard InChI is InChI=1S/C26H25N3O2/c1-18-5-11-22(12-6-18)29-25(20-9-15-23(31-4)16-10-20)27-24(26(29)30)17-19-7-13-21(14-8-19)28(2)3/h5-17H,1-4H3/b24-17+. The number of ether oxygens (including phenoxy) is 1. The molecule has 31 heavy (non-hydrogen) atoms. The third kappa shape index (κ3) is 4.21. The van der Waals surface area contributed by atoms with Gasteiger partial charge >= 0.3 is 0 Å². The fourth-order valence-electron chi connectivity index (χ4n) is 3.41. The van der Waals surface area contributed by atoms with Crippen LogP contribution in [0.2, 0.25) is 0 Å². The Hall–Kier alpha value is -3.86. The van der Waals surface area contributed by atoms with Gasteiger partial charge in [0.2, 0.25) is 0 Å². The smallest absolute Gasteiger partial charge is 0.282 e. The zero-order chi connectivity index (χ0) is 22.0. The highest BCUT2D eigenvalue weighted by Gasteiger charge is 2.32. The maximum absolute atomic E-state index is 13.4. The van der Waals surface area contributed by atoms with Gasteiger partial charge in [-0.25, -0.2) is 4.99 Å². The molecule has 0 bridgehead atoms. The first-order valence-corrected chi connectivity index (χ1v) is 10.1. The lowest BCUT2D eigenvalue weighted by atomic mass is 10.1. The van der Waals surface area contributed by atoms with Crippen LogP contribution in [-0.4, -0.2) is 32.9 Å². The van der Waals surface area contributed by atoms with Crippen LogP contribution < -0.4 is 14.5 Å². The van der Waals surface area contributed by atoms with E-state index < -0.39 is 0 Å². The molecular formula is C26H25N3O2. The molecule has 0 saturated heterocycles. The topological polar surface area (TPSA) is 45.1 Å². The Bertz CT molecular complexity index is 1140. The number of nitrogens with zero attached hydrogens (tertiary/aromatic N) is 3. The summed E-state index contributed by atoms with van der Waals surface area (Å²) in [5.41, 5.74) is 5.21. The second kappa shape index (κ2) is 8.48. The summed E-state index contributed by atoms with van der Waals surface area (Å²) in [5, 5.41) is 0. The van der Waals surface area contributed by atoms with E-state index in [9.17, 15) is 4.79 Å². The molecule has 1 heterocycles. The first-order valence-electron chi connectivity index (χ1n) is 10.1. The van der Waals surface area contributed by atoms with Gasteiger partial charge in [0, 0.05) is 25.3 Å². The van der Waals surface area contributed by atoms with E-state index in [-0.39, 0.29) is 5.91 Å². The van der Waals surface area contributed by atoms with E-state index >= 15 is 0 Å². The van der Waals surface area contributed by atoms with Crippen molar-refractivity contribution in [1.82, 2.24) is 0 Å². The summed E-state index contributed by atoms with van der Waals surface area (Å²) in [7, 11) is 5.63. The van der Waals surface area contributed by atoms with Gasteiger partial charge in [-0.15, -0.1) is 0 Å². The molecule has 0 radical (unpaired) electrons. The van der Waals surface area contributed by atoms with Gasteiger partial charge in [0.05, 0.1) is 12.8 Å². The van der Waals surface area contributed by atoms with Crippen molar-refractivity contribution in [3.05, 3.63) is 95.2 Å². The molecule has 0 unspecified atom stereocenters. The number of carbonyl (C=O) groups excluding carboxylic acids is 1. The van der Waals surface area contributed by atoms with Crippen LogP contribution in [0.25, 0.3) is 6.08 Å². The monoisotopic (exact) mass is 411 g/mol. The van der Waals surface area contributed by atoms with Crippen LogP contribution >= 0.6 is 0 Å². The lowest BCUT2D eigenvalue weighted by molar-refractivity contribution is -0.113. The van der Waals surface area contributed by atoms with Crippen LogP contribution in [0.1, 0.15) is 16.7 Å². The molecule has 5 heteroatoms. The lowest BCUT2D eigenvalue weighted by Gasteiger charge is -2.19. The molecule has 0 fully saturated rings. The Morgan fingerprint density at radius 3 is 2.13 bits per heavy atom. The van der Waals surface area contributed by atoms with E-state index in [2.05, 4.69) is 0 Å². The maximum atomic E-state index is 13.4. The molecule has 1 aliphatic heterocycles. The number of amidine groups is 1. The molecule has 0 aromatic heterocycles. The van der Waals surface area contributed by atoms with Crippen molar-refractivity contribution in [2.75, 3.05) is 31.0 Å². The van der Waals surface area contributed by atoms with E-state index in [1.54, 1.807) is 12.0 Å². The number of hydrogen-bond donors (Lipinski definition) is 0. The van der Waals surface area contributed by atoms with Gasteiger partial charge < -0.3 is 9.64 Å². The average Bonchev–Trinajstić information content (AvgIpc) is 3.10.